The zero-order valence-electron chi connectivity index (χ0n) is 15.0. The summed E-state index contributed by atoms with van der Waals surface area (Å²) in [5.74, 6) is -0.379. The number of carboxylic acids is 1. The minimum Gasteiger partial charge on any atom is -0.482 e. The van der Waals surface area contributed by atoms with E-state index in [1.165, 1.54) is 0 Å². The van der Waals surface area contributed by atoms with Crippen LogP contribution < -0.4 is 4.74 Å². The van der Waals surface area contributed by atoms with Gasteiger partial charge in [-0.3, -0.25) is 9.58 Å². The second kappa shape index (κ2) is 8.33. The van der Waals surface area contributed by atoms with Crippen molar-refractivity contribution in [1.82, 2.24) is 14.7 Å². The van der Waals surface area contributed by atoms with Crippen molar-refractivity contribution in [3.63, 3.8) is 0 Å². The Morgan fingerprint density at radius 1 is 1.35 bits per heavy atom. The van der Waals surface area contributed by atoms with Gasteiger partial charge in [0.2, 0.25) is 0 Å². The summed E-state index contributed by atoms with van der Waals surface area (Å²) < 4.78 is 7.40. The van der Waals surface area contributed by atoms with Crippen molar-refractivity contribution in [3.05, 3.63) is 47.3 Å². The Kier molecular flexibility index (Phi) is 5.90. The summed E-state index contributed by atoms with van der Waals surface area (Å²) in [5.41, 5.74) is 2.79. The van der Waals surface area contributed by atoms with Crippen LogP contribution in [-0.2, 0) is 24.4 Å². The van der Waals surface area contributed by atoms with Gasteiger partial charge >= 0.3 is 5.97 Å². The van der Waals surface area contributed by atoms with Crippen molar-refractivity contribution in [1.29, 1.82) is 0 Å². The first-order valence-corrected chi connectivity index (χ1v) is 8.96. The molecule has 7 nitrogen and oxygen atoms in total. The molecule has 1 atom stereocenters. The molecule has 0 bridgehead atoms. The van der Waals surface area contributed by atoms with Gasteiger partial charge in [-0.25, -0.2) is 4.79 Å². The van der Waals surface area contributed by atoms with Gasteiger partial charge < -0.3 is 14.9 Å². The van der Waals surface area contributed by atoms with Crippen molar-refractivity contribution in [2.45, 2.75) is 45.5 Å². The van der Waals surface area contributed by atoms with Crippen LogP contribution in [-0.4, -0.2) is 44.0 Å². The molecule has 1 aliphatic heterocycles. The number of carbonyl (C=O) groups is 1. The summed E-state index contributed by atoms with van der Waals surface area (Å²) in [6, 6.07) is 9.53. The average molecular weight is 359 g/mol. The number of ether oxygens (including phenoxy) is 1. The van der Waals surface area contributed by atoms with E-state index in [0.29, 0.717) is 18.7 Å². The van der Waals surface area contributed by atoms with Gasteiger partial charge in [0, 0.05) is 31.7 Å². The minimum atomic E-state index is -0.986. The highest BCUT2D eigenvalue weighted by molar-refractivity contribution is 5.68. The Bertz CT molecular complexity index is 759. The number of aliphatic hydroxyl groups is 1. The molecule has 1 aromatic carbocycles. The summed E-state index contributed by atoms with van der Waals surface area (Å²) in [7, 11) is 0. The molecule has 1 aliphatic rings. The third kappa shape index (κ3) is 4.42. The molecule has 0 aliphatic carbocycles. The summed E-state index contributed by atoms with van der Waals surface area (Å²) in [4.78, 5) is 13.1. The first-order chi connectivity index (χ1) is 12.6. The molecular weight excluding hydrogens is 334 g/mol. The number of rotatable bonds is 7. The Morgan fingerprint density at radius 3 is 2.92 bits per heavy atom. The lowest BCUT2D eigenvalue weighted by Gasteiger charge is -2.21. The van der Waals surface area contributed by atoms with E-state index in [4.69, 9.17) is 9.84 Å². The molecule has 7 heteroatoms. The molecule has 2 N–H and O–H groups in total. The quantitative estimate of drug-likeness (QED) is 0.788. The van der Waals surface area contributed by atoms with Crippen LogP contribution in [0, 0.1) is 0 Å². The van der Waals surface area contributed by atoms with Gasteiger partial charge in [-0.1, -0.05) is 25.1 Å². The number of nitrogens with zero attached hydrogens (tertiary/aromatic N) is 3. The van der Waals surface area contributed by atoms with Crippen molar-refractivity contribution < 1.29 is 19.7 Å². The zero-order chi connectivity index (χ0) is 18.5. The number of hydrogen-bond donors (Lipinski definition) is 2. The minimum absolute atomic E-state index is 0.345. The normalized spacial score (nSPS) is 15.9. The largest absolute Gasteiger partial charge is 0.482 e. The van der Waals surface area contributed by atoms with Crippen molar-refractivity contribution >= 4 is 5.97 Å². The lowest BCUT2D eigenvalue weighted by molar-refractivity contribution is -0.139. The van der Waals surface area contributed by atoms with Crippen LogP contribution in [0.3, 0.4) is 0 Å². The molecule has 0 saturated carbocycles. The first kappa shape index (κ1) is 18.4. The number of para-hydroxylation sites is 1. The SMILES string of the molecule is CCC(O)c1cc2n(n1)CCCN(Cc1ccccc1OCC(=O)O)C2. The Hall–Kier alpha value is -2.38. The predicted octanol–water partition coefficient (Wildman–Crippen LogP) is 2.20. The number of aromatic nitrogens is 2. The molecule has 26 heavy (non-hydrogen) atoms. The molecule has 0 spiro atoms. The van der Waals surface area contributed by atoms with Gasteiger partial charge in [0.25, 0.3) is 0 Å². The highest BCUT2D eigenvalue weighted by Crippen LogP contribution is 2.24. The van der Waals surface area contributed by atoms with E-state index in [1.54, 1.807) is 6.07 Å². The summed E-state index contributed by atoms with van der Waals surface area (Å²) in [6.07, 6.45) is 1.09. The Labute approximate surface area is 152 Å². The highest BCUT2D eigenvalue weighted by Gasteiger charge is 2.20. The van der Waals surface area contributed by atoms with Gasteiger partial charge in [0.1, 0.15) is 5.75 Å². The van der Waals surface area contributed by atoms with E-state index >= 15 is 0 Å². The van der Waals surface area contributed by atoms with E-state index in [9.17, 15) is 9.90 Å². The van der Waals surface area contributed by atoms with Gasteiger partial charge in [-0.05, 0) is 25.0 Å². The number of benzene rings is 1. The molecule has 1 unspecified atom stereocenters. The van der Waals surface area contributed by atoms with Crippen molar-refractivity contribution in [2.75, 3.05) is 13.2 Å². The third-order valence-electron chi connectivity index (χ3n) is 4.56. The van der Waals surface area contributed by atoms with Crippen LogP contribution in [0.1, 0.15) is 42.8 Å². The number of hydrogen-bond acceptors (Lipinski definition) is 5. The van der Waals surface area contributed by atoms with E-state index in [2.05, 4.69) is 10.00 Å². The summed E-state index contributed by atoms with van der Waals surface area (Å²) in [5, 5.41) is 23.4. The van der Waals surface area contributed by atoms with Gasteiger partial charge in [-0.2, -0.15) is 5.10 Å². The number of aliphatic carboxylic acids is 1. The summed E-state index contributed by atoms with van der Waals surface area (Å²) >= 11 is 0. The van der Waals surface area contributed by atoms with Crippen LogP contribution in [0.15, 0.2) is 30.3 Å². The van der Waals surface area contributed by atoms with Crippen LogP contribution >= 0.6 is 0 Å². The number of aliphatic hydroxyl groups excluding tert-OH is 1. The van der Waals surface area contributed by atoms with Crippen molar-refractivity contribution in [2.24, 2.45) is 0 Å². The summed E-state index contributed by atoms with van der Waals surface area (Å²) in [6.45, 7) is 4.75. The van der Waals surface area contributed by atoms with Gasteiger partial charge in [0.05, 0.1) is 17.5 Å². The number of aryl methyl sites for hydroxylation is 1. The Morgan fingerprint density at radius 2 is 2.15 bits per heavy atom. The fraction of sp³-hybridized carbons (Fsp3) is 0.474. The second-order valence-corrected chi connectivity index (χ2v) is 6.56. The number of carboxylic acid groups (broad SMARTS) is 1. The molecule has 0 amide bonds. The maximum absolute atomic E-state index is 10.8. The second-order valence-electron chi connectivity index (χ2n) is 6.56. The van der Waals surface area contributed by atoms with Crippen LogP contribution in [0.5, 0.6) is 5.75 Å². The molecule has 2 heterocycles. The molecule has 2 aromatic rings. The molecule has 0 radical (unpaired) electrons. The highest BCUT2D eigenvalue weighted by atomic mass is 16.5. The van der Waals surface area contributed by atoms with Crippen LogP contribution in [0.25, 0.3) is 0 Å². The monoisotopic (exact) mass is 359 g/mol. The maximum Gasteiger partial charge on any atom is 0.341 e. The standard InChI is InChI=1S/C19H25N3O4/c1-2-17(23)16-10-15-12-21(8-5-9-22(15)20-16)11-14-6-3-4-7-18(14)26-13-19(24)25/h3-4,6-7,10,17,23H,2,5,8-9,11-13H2,1H3,(H,24,25). The van der Waals surface area contributed by atoms with E-state index in [1.807, 2.05) is 35.9 Å². The van der Waals surface area contributed by atoms with Crippen LogP contribution in [0.2, 0.25) is 0 Å². The molecule has 0 saturated heterocycles. The number of fused-ring (bicyclic) bond motifs is 1. The van der Waals surface area contributed by atoms with E-state index in [0.717, 1.165) is 43.0 Å². The molecule has 1 aromatic heterocycles. The van der Waals surface area contributed by atoms with E-state index in [-0.39, 0.29) is 6.61 Å². The smallest absolute Gasteiger partial charge is 0.341 e. The topological polar surface area (TPSA) is 87.8 Å². The van der Waals surface area contributed by atoms with Crippen LogP contribution in [0.4, 0.5) is 0 Å². The lowest BCUT2D eigenvalue weighted by Crippen LogP contribution is -2.23. The molecule has 3 rings (SSSR count). The first-order valence-electron chi connectivity index (χ1n) is 8.96. The Balaban J connectivity index is 1.73. The average Bonchev–Trinajstić information content (AvgIpc) is 2.93. The molecule has 140 valence electrons. The fourth-order valence-corrected chi connectivity index (χ4v) is 3.21. The third-order valence-corrected chi connectivity index (χ3v) is 4.56. The maximum atomic E-state index is 10.8. The van der Waals surface area contributed by atoms with E-state index < -0.39 is 12.1 Å². The van der Waals surface area contributed by atoms with Gasteiger partial charge in [0.15, 0.2) is 6.61 Å². The zero-order valence-corrected chi connectivity index (χ0v) is 15.0. The predicted molar refractivity (Wildman–Crippen MR) is 95.8 cm³/mol. The van der Waals surface area contributed by atoms with Crippen molar-refractivity contribution in [3.8, 4) is 5.75 Å². The molecule has 0 fully saturated rings. The van der Waals surface area contributed by atoms with Gasteiger partial charge in [-0.15, -0.1) is 0 Å². The fourth-order valence-electron chi connectivity index (χ4n) is 3.21. The molecular formula is C19H25N3O4. The lowest BCUT2D eigenvalue weighted by atomic mass is 10.1.